The molecule has 3 aromatic rings. The average Bonchev–Trinajstić information content (AvgIpc) is 3.51. The van der Waals surface area contributed by atoms with Gasteiger partial charge in [-0.05, 0) is 43.4 Å². The van der Waals surface area contributed by atoms with Crippen LogP contribution in [0.1, 0.15) is 43.2 Å². The highest BCUT2D eigenvalue weighted by Crippen LogP contribution is 2.59. The molecule has 196 valence electrons. The van der Waals surface area contributed by atoms with Gasteiger partial charge in [0.25, 0.3) is 11.8 Å². The standard InChI is InChI=1S/C28H23F3N2O5/c1-35-26(34)27-9-11-28(16-27,12-10-27)38-23-21(29)24(31)33-25(22(23)30)37-20-13-18(14-32)7-8-19(20)36-15-17-5-3-2-4-6-17/h2-8,13H,9-12,15-16H2,1H3. The molecule has 0 unspecified atom stereocenters. The number of hydrogen-bond acceptors (Lipinski definition) is 7. The molecule has 0 aliphatic heterocycles. The first-order valence-electron chi connectivity index (χ1n) is 12.0. The molecule has 7 nitrogen and oxygen atoms in total. The molecular formula is C28H23F3N2O5. The Morgan fingerprint density at radius 2 is 1.76 bits per heavy atom. The molecule has 2 aliphatic rings. The molecule has 0 amide bonds. The predicted octanol–water partition coefficient (Wildman–Crippen LogP) is 6.00. The summed E-state index contributed by atoms with van der Waals surface area (Å²) in [5.41, 5.74) is -0.825. The third-order valence-electron chi connectivity index (χ3n) is 7.20. The predicted molar refractivity (Wildman–Crippen MR) is 127 cm³/mol. The molecule has 0 saturated heterocycles. The second-order valence-corrected chi connectivity index (χ2v) is 9.55. The van der Waals surface area contributed by atoms with Gasteiger partial charge in [0.15, 0.2) is 11.5 Å². The molecule has 1 heterocycles. The highest BCUT2D eigenvalue weighted by Gasteiger charge is 2.60. The van der Waals surface area contributed by atoms with Crippen LogP contribution in [0.3, 0.4) is 0 Å². The van der Waals surface area contributed by atoms with E-state index in [0.29, 0.717) is 25.7 Å². The van der Waals surface area contributed by atoms with Crippen LogP contribution in [0, 0.1) is 34.3 Å². The van der Waals surface area contributed by atoms with E-state index >= 15 is 4.39 Å². The van der Waals surface area contributed by atoms with E-state index in [9.17, 15) is 18.8 Å². The van der Waals surface area contributed by atoms with E-state index in [0.717, 1.165) is 5.56 Å². The van der Waals surface area contributed by atoms with Gasteiger partial charge in [0, 0.05) is 12.5 Å². The number of aromatic nitrogens is 1. The zero-order valence-corrected chi connectivity index (χ0v) is 20.4. The Labute approximate surface area is 216 Å². The summed E-state index contributed by atoms with van der Waals surface area (Å²) in [6.45, 7) is 0.135. The van der Waals surface area contributed by atoms with Crippen LogP contribution in [0.15, 0.2) is 48.5 Å². The summed E-state index contributed by atoms with van der Waals surface area (Å²) in [5.74, 6) is -6.81. The van der Waals surface area contributed by atoms with Crippen molar-refractivity contribution in [1.29, 1.82) is 5.26 Å². The second kappa shape index (κ2) is 9.89. The van der Waals surface area contributed by atoms with E-state index in [4.69, 9.17) is 18.9 Å². The second-order valence-electron chi connectivity index (χ2n) is 9.55. The van der Waals surface area contributed by atoms with Crippen LogP contribution in [0.4, 0.5) is 13.2 Å². The van der Waals surface area contributed by atoms with Crippen LogP contribution in [-0.2, 0) is 16.1 Å². The van der Waals surface area contributed by atoms with Gasteiger partial charge < -0.3 is 18.9 Å². The van der Waals surface area contributed by atoms with Gasteiger partial charge in [-0.25, -0.2) is 0 Å². The summed E-state index contributed by atoms with van der Waals surface area (Å²) in [5, 5.41) is 9.30. The number of rotatable bonds is 8. The number of carbonyl (C=O) groups is 1. The molecule has 0 atom stereocenters. The number of hydrogen-bond donors (Lipinski definition) is 0. The van der Waals surface area contributed by atoms with Crippen molar-refractivity contribution < 1.29 is 36.9 Å². The minimum absolute atomic E-state index is 0.118. The summed E-state index contributed by atoms with van der Waals surface area (Å²) < 4.78 is 66.9. The number of carbonyl (C=O) groups excluding carboxylic acids is 1. The number of pyridine rings is 1. The Morgan fingerprint density at radius 1 is 1.03 bits per heavy atom. The fourth-order valence-corrected chi connectivity index (χ4v) is 5.25. The van der Waals surface area contributed by atoms with E-state index in [1.165, 1.54) is 25.3 Å². The highest BCUT2D eigenvalue weighted by atomic mass is 19.2. The first-order valence-corrected chi connectivity index (χ1v) is 12.0. The van der Waals surface area contributed by atoms with Crippen molar-refractivity contribution in [3.05, 3.63) is 77.2 Å². The van der Waals surface area contributed by atoms with Gasteiger partial charge in [0.05, 0.1) is 24.2 Å². The minimum Gasteiger partial charge on any atom is -0.485 e. The van der Waals surface area contributed by atoms with Crippen LogP contribution >= 0.6 is 0 Å². The fraction of sp³-hybridized carbons (Fsp3) is 0.321. The molecule has 1 aromatic heterocycles. The molecule has 0 N–H and O–H groups in total. The molecule has 2 saturated carbocycles. The molecule has 10 heteroatoms. The highest BCUT2D eigenvalue weighted by molar-refractivity contribution is 5.78. The third-order valence-corrected chi connectivity index (χ3v) is 7.20. The van der Waals surface area contributed by atoms with Gasteiger partial charge in [-0.1, -0.05) is 30.3 Å². The van der Waals surface area contributed by atoms with Crippen LogP contribution in [0.5, 0.6) is 23.1 Å². The van der Waals surface area contributed by atoms with Crippen molar-refractivity contribution in [1.82, 2.24) is 4.98 Å². The van der Waals surface area contributed by atoms with Gasteiger partial charge in [-0.2, -0.15) is 23.4 Å². The zero-order chi connectivity index (χ0) is 26.9. The Morgan fingerprint density at radius 3 is 2.45 bits per heavy atom. The number of fused-ring (bicyclic) bond motifs is 2. The number of halogens is 3. The number of benzene rings is 2. The summed E-state index contributed by atoms with van der Waals surface area (Å²) in [7, 11) is 1.29. The first-order chi connectivity index (χ1) is 18.3. The lowest BCUT2D eigenvalue weighted by molar-refractivity contribution is -0.152. The maximum absolute atomic E-state index is 15.5. The number of esters is 1. The topological polar surface area (TPSA) is 90.7 Å². The molecule has 38 heavy (non-hydrogen) atoms. The molecule has 2 fully saturated rings. The van der Waals surface area contributed by atoms with Crippen LogP contribution in [-0.4, -0.2) is 23.7 Å². The molecule has 0 radical (unpaired) electrons. The number of ether oxygens (including phenoxy) is 4. The van der Waals surface area contributed by atoms with Gasteiger partial charge in [-0.15, -0.1) is 0 Å². The van der Waals surface area contributed by atoms with Crippen molar-refractivity contribution >= 4 is 5.97 Å². The lowest BCUT2D eigenvalue weighted by atomic mass is 9.84. The minimum atomic E-state index is -1.62. The van der Waals surface area contributed by atoms with Crippen LogP contribution < -0.4 is 14.2 Å². The maximum Gasteiger partial charge on any atom is 0.311 e. The van der Waals surface area contributed by atoms with Crippen molar-refractivity contribution in [2.45, 2.75) is 44.3 Å². The SMILES string of the molecule is COC(=O)C12CCC(Oc3c(F)c(F)nc(Oc4cc(C#N)ccc4OCc4ccccc4)c3F)(CC1)C2. The van der Waals surface area contributed by atoms with Crippen molar-refractivity contribution in [3.8, 4) is 29.2 Å². The molecule has 0 spiro atoms. The summed E-state index contributed by atoms with van der Waals surface area (Å²) >= 11 is 0. The first kappa shape index (κ1) is 25.4. The lowest BCUT2D eigenvalue weighted by Crippen LogP contribution is -2.31. The van der Waals surface area contributed by atoms with E-state index in [2.05, 4.69) is 4.98 Å². The largest absolute Gasteiger partial charge is 0.485 e. The Hall–Kier alpha value is -4.26. The van der Waals surface area contributed by atoms with Gasteiger partial charge >= 0.3 is 5.97 Å². The van der Waals surface area contributed by atoms with Crippen LogP contribution in [0.2, 0.25) is 0 Å². The average molecular weight is 524 g/mol. The third kappa shape index (κ3) is 4.60. The number of methoxy groups -OCH3 is 1. The molecule has 5 rings (SSSR count). The van der Waals surface area contributed by atoms with Crippen molar-refractivity contribution in [2.75, 3.05) is 7.11 Å². The van der Waals surface area contributed by atoms with E-state index in [-0.39, 0.29) is 30.1 Å². The fourth-order valence-electron chi connectivity index (χ4n) is 5.25. The number of nitriles is 1. The van der Waals surface area contributed by atoms with Crippen LogP contribution in [0.25, 0.3) is 0 Å². The van der Waals surface area contributed by atoms with E-state index in [1.54, 1.807) is 0 Å². The molecule has 2 aliphatic carbocycles. The Balaban J connectivity index is 1.44. The Bertz CT molecular complexity index is 1420. The monoisotopic (exact) mass is 524 g/mol. The van der Waals surface area contributed by atoms with E-state index in [1.807, 2.05) is 36.4 Å². The van der Waals surface area contributed by atoms with Gasteiger partial charge in [-0.3, -0.25) is 4.79 Å². The normalized spacial score (nSPS) is 21.6. The molecular weight excluding hydrogens is 501 g/mol. The lowest BCUT2D eigenvalue weighted by Gasteiger charge is -2.28. The smallest absolute Gasteiger partial charge is 0.311 e. The quantitative estimate of drug-likeness (QED) is 0.264. The molecule has 2 aromatic carbocycles. The van der Waals surface area contributed by atoms with Gasteiger partial charge in [0.1, 0.15) is 12.2 Å². The Kier molecular flexibility index (Phi) is 6.61. The van der Waals surface area contributed by atoms with E-state index < -0.39 is 46.2 Å². The number of nitrogens with zero attached hydrogens (tertiary/aromatic N) is 2. The van der Waals surface area contributed by atoms with Crippen molar-refractivity contribution in [2.24, 2.45) is 5.41 Å². The maximum atomic E-state index is 15.5. The molecule has 2 bridgehead atoms. The summed E-state index contributed by atoms with van der Waals surface area (Å²) in [6, 6.07) is 15.3. The zero-order valence-electron chi connectivity index (χ0n) is 20.4. The summed E-state index contributed by atoms with van der Waals surface area (Å²) in [6.07, 6.45) is 1.77. The summed E-state index contributed by atoms with van der Waals surface area (Å²) in [4.78, 5) is 15.6. The van der Waals surface area contributed by atoms with Crippen molar-refractivity contribution in [3.63, 3.8) is 0 Å². The van der Waals surface area contributed by atoms with Gasteiger partial charge in [0.2, 0.25) is 17.4 Å².